The quantitative estimate of drug-likeness (QED) is 0.835. The molecule has 1 heterocycles. The van der Waals surface area contributed by atoms with Gasteiger partial charge < -0.3 is 9.88 Å². The molecule has 110 valence electrons. The molecule has 0 saturated carbocycles. The largest absolute Gasteiger partial charge is 0.328 e. The predicted molar refractivity (Wildman–Crippen MR) is 86.0 cm³/mol. The summed E-state index contributed by atoms with van der Waals surface area (Å²) in [5.41, 5.74) is 2.39. The Morgan fingerprint density at radius 3 is 2.65 bits per heavy atom. The molecule has 3 heteroatoms. The number of hydrogen-bond acceptors (Lipinski definition) is 2. The monoisotopic (exact) mass is 273 g/mol. The Morgan fingerprint density at radius 2 is 2.00 bits per heavy atom. The first-order valence-electron chi connectivity index (χ1n) is 7.82. The molecule has 0 fully saturated rings. The van der Waals surface area contributed by atoms with Crippen LogP contribution in [-0.2, 0) is 13.0 Å². The first-order chi connectivity index (χ1) is 9.71. The molecule has 0 aliphatic rings. The summed E-state index contributed by atoms with van der Waals surface area (Å²) in [6.45, 7) is 7.84. The lowest BCUT2D eigenvalue weighted by Crippen LogP contribution is -2.34. The number of benzene rings is 1. The van der Waals surface area contributed by atoms with Crippen molar-refractivity contribution in [2.24, 2.45) is 5.92 Å². The van der Waals surface area contributed by atoms with Gasteiger partial charge in [0.2, 0.25) is 0 Å². The fourth-order valence-electron chi connectivity index (χ4n) is 2.82. The average molecular weight is 273 g/mol. The Hall–Kier alpha value is -1.35. The van der Waals surface area contributed by atoms with Gasteiger partial charge in [0.05, 0.1) is 11.0 Å². The normalized spacial score (nSPS) is 14.6. The molecular weight excluding hydrogens is 246 g/mol. The van der Waals surface area contributed by atoms with Gasteiger partial charge in [-0.1, -0.05) is 39.3 Å². The number of hydrogen-bond donors (Lipinski definition) is 1. The number of fused-ring (bicyclic) bond motifs is 1. The topological polar surface area (TPSA) is 29.9 Å². The molecule has 2 unspecified atom stereocenters. The highest BCUT2D eigenvalue weighted by Gasteiger charge is 2.18. The number of aromatic nitrogens is 2. The Bertz CT molecular complexity index is 544. The Morgan fingerprint density at radius 1 is 1.25 bits per heavy atom. The third-order valence-electron chi connectivity index (χ3n) is 4.28. The molecule has 3 nitrogen and oxygen atoms in total. The van der Waals surface area contributed by atoms with Gasteiger partial charge in [-0.25, -0.2) is 4.98 Å². The first-order valence-corrected chi connectivity index (χ1v) is 7.82. The van der Waals surface area contributed by atoms with Crippen LogP contribution in [0.1, 0.15) is 39.4 Å². The van der Waals surface area contributed by atoms with Gasteiger partial charge in [0.25, 0.3) is 0 Å². The van der Waals surface area contributed by atoms with Crippen molar-refractivity contribution >= 4 is 11.0 Å². The smallest absolute Gasteiger partial charge is 0.111 e. The van der Waals surface area contributed by atoms with Gasteiger partial charge in [-0.3, -0.25) is 0 Å². The number of aryl methyl sites for hydroxylation is 1. The van der Waals surface area contributed by atoms with Gasteiger partial charge in [0, 0.05) is 19.0 Å². The summed E-state index contributed by atoms with van der Waals surface area (Å²) in [5, 5.41) is 3.46. The van der Waals surface area contributed by atoms with E-state index in [1.807, 2.05) is 0 Å². The number of rotatable bonds is 7. The standard InChI is InChI=1S/C17H27N3/c1-5-11-20-16-10-8-7-9-14(16)19-17(20)12-15(18-4)13(3)6-2/h7-10,13,15,18H,5-6,11-12H2,1-4H3. The molecule has 0 aliphatic heterocycles. The highest BCUT2D eigenvalue weighted by molar-refractivity contribution is 5.75. The molecule has 0 spiro atoms. The minimum absolute atomic E-state index is 0.493. The SMILES string of the molecule is CCCn1c(CC(NC)C(C)CC)nc2ccccc21. The van der Waals surface area contributed by atoms with Gasteiger partial charge in [0.1, 0.15) is 5.82 Å². The van der Waals surface area contributed by atoms with Crippen molar-refractivity contribution in [1.29, 1.82) is 0 Å². The van der Waals surface area contributed by atoms with Gasteiger partial charge >= 0.3 is 0 Å². The van der Waals surface area contributed by atoms with E-state index in [9.17, 15) is 0 Å². The number of likely N-dealkylation sites (N-methyl/N-ethyl adjacent to an activating group) is 1. The fourth-order valence-corrected chi connectivity index (χ4v) is 2.82. The second-order valence-corrected chi connectivity index (χ2v) is 5.65. The number of imidazole rings is 1. The zero-order valence-electron chi connectivity index (χ0n) is 13.2. The summed E-state index contributed by atoms with van der Waals surface area (Å²) in [6.07, 6.45) is 3.33. The lowest BCUT2D eigenvalue weighted by molar-refractivity contribution is 0.377. The number of nitrogens with one attached hydrogen (secondary N) is 1. The van der Waals surface area contributed by atoms with E-state index < -0.39 is 0 Å². The molecule has 1 aromatic heterocycles. The van der Waals surface area contributed by atoms with E-state index >= 15 is 0 Å². The van der Waals surface area contributed by atoms with Gasteiger partial charge in [-0.05, 0) is 31.5 Å². The lowest BCUT2D eigenvalue weighted by Gasteiger charge is -2.22. The zero-order valence-corrected chi connectivity index (χ0v) is 13.2. The second-order valence-electron chi connectivity index (χ2n) is 5.65. The first kappa shape index (κ1) is 15.0. The van der Waals surface area contributed by atoms with Crippen LogP contribution >= 0.6 is 0 Å². The van der Waals surface area contributed by atoms with Crippen LogP contribution in [0, 0.1) is 5.92 Å². The molecule has 0 radical (unpaired) electrons. The molecule has 0 amide bonds. The second kappa shape index (κ2) is 6.89. The van der Waals surface area contributed by atoms with E-state index in [0.29, 0.717) is 12.0 Å². The Balaban J connectivity index is 2.34. The van der Waals surface area contributed by atoms with Crippen molar-refractivity contribution in [2.45, 2.75) is 52.6 Å². The van der Waals surface area contributed by atoms with Crippen LogP contribution in [0.3, 0.4) is 0 Å². The summed E-state index contributed by atoms with van der Waals surface area (Å²) in [7, 11) is 2.06. The maximum atomic E-state index is 4.86. The van der Waals surface area contributed by atoms with Crippen LogP contribution in [0.25, 0.3) is 11.0 Å². The number of para-hydroxylation sites is 2. The maximum Gasteiger partial charge on any atom is 0.111 e. The van der Waals surface area contributed by atoms with E-state index in [4.69, 9.17) is 4.98 Å². The van der Waals surface area contributed by atoms with Crippen molar-refractivity contribution in [3.8, 4) is 0 Å². The maximum absolute atomic E-state index is 4.86. The molecule has 0 saturated heterocycles. The summed E-state index contributed by atoms with van der Waals surface area (Å²) in [5.74, 6) is 1.88. The van der Waals surface area contributed by atoms with E-state index in [2.05, 4.69) is 62.0 Å². The van der Waals surface area contributed by atoms with Crippen molar-refractivity contribution in [2.75, 3.05) is 7.05 Å². The van der Waals surface area contributed by atoms with Gasteiger partial charge in [-0.2, -0.15) is 0 Å². The van der Waals surface area contributed by atoms with Crippen LogP contribution in [-0.4, -0.2) is 22.6 Å². The fraction of sp³-hybridized carbons (Fsp3) is 0.588. The van der Waals surface area contributed by atoms with Crippen LogP contribution in [0.2, 0.25) is 0 Å². The minimum atomic E-state index is 0.493. The third-order valence-corrected chi connectivity index (χ3v) is 4.28. The molecule has 1 N–H and O–H groups in total. The Kier molecular flexibility index (Phi) is 5.18. The molecule has 2 aromatic rings. The molecular formula is C17H27N3. The van der Waals surface area contributed by atoms with Gasteiger partial charge in [0.15, 0.2) is 0 Å². The molecule has 2 rings (SSSR count). The molecule has 20 heavy (non-hydrogen) atoms. The van der Waals surface area contributed by atoms with Crippen LogP contribution < -0.4 is 5.32 Å². The van der Waals surface area contributed by atoms with E-state index in [-0.39, 0.29) is 0 Å². The van der Waals surface area contributed by atoms with Crippen molar-refractivity contribution in [3.05, 3.63) is 30.1 Å². The van der Waals surface area contributed by atoms with E-state index in [1.54, 1.807) is 0 Å². The van der Waals surface area contributed by atoms with E-state index in [1.165, 1.54) is 17.8 Å². The summed E-state index contributed by atoms with van der Waals surface area (Å²) < 4.78 is 2.39. The zero-order chi connectivity index (χ0) is 14.5. The summed E-state index contributed by atoms with van der Waals surface area (Å²) in [4.78, 5) is 4.86. The van der Waals surface area contributed by atoms with Crippen LogP contribution in [0.4, 0.5) is 0 Å². The highest BCUT2D eigenvalue weighted by Crippen LogP contribution is 2.20. The van der Waals surface area contributed by atoms with E-state index in [0.717, 1.165) is 24.9 Å². The van der Waals surface area contributed by atoms with Crippen LogP contribution in [0.15, 0.2) is 24.3 Å². The highest BCUT2D eigenvalue weighted by atomic mass is 15.1. The lowest BCUT2D eigenvalue weighted by atomic mass is 9.96. The average Bonchev–Trinajstić information content (AvgIpc) is 2.82. The Labute approximate surface area is 122 Å². The molecule has 0 aliphatic carbocycles. The molecule has 0 bridgehead atoms. The minimum Gasteiger partial charge on any atom is -0.328 e. The van der Waals surface area contributed by atoms with Crippen molar-refractivity contribution in [3.63, 3.8) is 0 Å². The van der Waals surface area contributed by atoms with Gasteiger partial charge in [-0.15, -0.1) is 0 Å². The number of nitrogens with zero attached hydrogens (tertiary/aromatic N) is 2. The van der Waals surface area contributed by atoms with Crippen molar-refractivity contribution < 1.29 is 0 Å². The summed E-state index contributed by atoms with van der Waals surface area (Å²) >= 11 is 0. The molecule has 1 aromatic carbocycles. The predicted octanol–water partition coefficient (Wildman–Crippen LogP) is 3.62. The third kappa shape index (κ3) is 3.04. The van der Waals surface area contributed by atoms with Crippen LogP contribution in [0.5, 0.6) is 0 Å². The van der Waals surface area contributed by atoms with Crippen molar-refractivity contribution in [1.82, 2.24) is 14.9 Å². The molecule has 2 atom stereocenters. The summed E-state index contributed by atoms with van der Waals surface area (Å²) in [6, 6.07) is 8.96.